The van der Waals surface area contributed by atoms with Gasteiger partial charge in [0, 0.05) is 0 Å². The topological polar surface area (TPSA) is 99.1 Å². The lowest BCUT2D eigenvalue weighted by atomic mass is 10.2. The molecule has 21 heavy (non-hydrogen) atoms. The lowest BCUT2D eigenvalue weighted by molar-refractivity contribution is -0.200. The highest BCUT2D eigenvalue weighted by Crippen LogP contribution is 2.11. The molecule has 2 atom stereocenters. The summed E-state index contributed by atoms with van der Waals surface area (Å²) in [7, 11) is 0. The molecule has 7 heteroatoms. The third-order valence-electron chi connectivity index (χ3n) is 2.58. The molecule has 0 aromatic heterocycles. The number of hydrogen-bond acceptors (Lipinski definition) is 7. The van der Waals surface area contributed by atoms with Crippen molar-refractivity contribution in [2.24, 2.45) is 0 Å². The number of aliphatic hydroxyl groups is 1. The number of hydrogen-bond donors (Lipinski definition) is 1. The van der Waals surface area contributed by atoms with Crippen molar-refractivity contribution in [3.63, 3.8) is 0 Å². The summed E-state index contributed by atoms with van der Waals surface area (Å²) in [6.07, 6.45) is 2.84. The fourth-order valence-corrected chi connectivity index (χ4v) is 1.41. The van der Waals surface area contributed by atoms with Gasteiger partial charge in [-0.3, -0.25) is 0 Å². The number of ether oxygens (including phenoxy) is 3. The number of unbranched alkanes of at least 4 members (excludes halogenated alkanes) is 3. The molecule has 1 heterocycles. The van der Waals surface area contributed by atoms with E-state index < -0.39 is 30.1 Å². The van der Waals surface area contributed by atoms with Gasteiger partial charge in [0.25, 0.3) is 6.10 Å². The van der Waals surface area contributed by atoms with E-state index in [0.29, 0.717) is 0 Å². The van der Waals surface area contributed by atoms with Gasteiger partial charge < -0.3 is 19.3 Å². The number of carbonyl (C=O) groups excluding carboxylic acids is 3. The first-order valence-corrected chi connectivity index (χ1v) is 7.16. The quantitative estimate of drug-likeness (QED) is 0.338. The van der Waals surface area contributed by atoms with Gasteiger partial charge in [-0.25, -0.2) is 14.4 Å². The van der Waals surface area contributed by atoms with E-state index in [9.17, 15) is 14.4 Å². The standard InChI is InChI=1S/C8H10O7.C6H14/c1-4-6(10)15-5(8(12)14-4)7(11)13-3-2-9;1-3-5-6-4-2/h4-5,9H,2-3H2,1H3;3-6H2,1-2H3. The van der Waals surface area contributed by atoms with Crippen LogP contribution < -0.4 is 0 Å². The van der Waals surface area contributed by atoms with Gasteiger partial charge in [0.1, 0.15) is 6.61 Å². The zero-order chi connectivity index (χ0) is 16.3. The van der Waals surface area contributed by atoms with Crippen LogP contribution in [0.2, 0.25) is 0 Å². The molecule has 0 radical (unpaired) electrons. The number of cyclic esters (lactones) is 2. The van der Waals surface area contributed by atoms with Crippen LogP contribution in [0.15, 0.2) is 0 Å². The highest BCUT2D eigenvalue weighted by Gasteiger charge is 2.41. The summed E-state index contributed by atoms with van der Waals surface area (Å²) in [5, 5.41) is 8.37. The molecule has 0 spiro atoms. The second kappa shape index (κ2) is 11.1. The fourth-order valence-electron chi connectivity index (χ4n) is 1.41. The van der Waals surface area contributed by atoms with Gasteiger partial charge in [0.2, 0.25) is 0 Å². The summed E-state index contributed by atoms with van der Waals surface area (Å²) in [5.41, 5.74) is 0. The van der Waals surface area contributed by atoms with Crippen molar-refractivity contribution in [2.45, 2.75) is 58.7 Å². The van der Waals surface area contributed by atoms with Crippen LogP contribution in [0, 0.1) is 0 Å². The molecule has 1 N–H and O–H groups in total. The van der Waals surface area contributed by atoms with Crippen LogP contribution in [0.4, 0.5) is 0 Å². The highest BCUT2D eigenvalue weighted by molar-refractivity contribution is 6.02. The van der Waals surface area contributed by atoms with Crippen molar-refractivity contribution in [3.8, 4) is 0 Å². The summed E-state index contributed by atoms with van der Waals surface area (Å²) in [5.74, 6) is -2.82. The molecule has 1 aliphatic rings. The van der Waals surface area contributed by atoms with E-state index >= 15 is 0 Å². The predicted molar refractivity (Wildman–Crippen MR) is 73.3 cm³/mol. The van der Waals surface area contributed by atoms with Crippen molar-refractivity contribution in [1.29, 1.82) is 0 Å². The summed E-state index contributed by atoms with van der Waals surface area (Å²) in [4.78, 5) is 33.2. The molecule has 0 aliphatic carbocycles. The molecule has 1 rings (SSSR count). The van der Waals surface area contributed by atoms with E-state index in [1.807, 2.05) is 0 Å². The predicted octanol–water partition coefficient (Wildman–Crippen LogP) is 0.966. The first kappa shape index (κ1) is 19.4. The Morgan fingerprint density at radius 1 is 1.14 bits per heavy atom. The Kier molecular flexibility index (Phi) is 10.2. The van der Waals surface area contributed by atoms with Crippen molar-refractivity contribution >= 4 is 17.9 Å². The van der Waals surface area contributed by atoms with Gasteiger partial charge in [-0.15, -0.1) is 0 Å². The highest BCUT2D eigenvalue weighted by atomic mass is 16.7. The summed E-state index contributed by atoms with van der Waals surface area (Å²) < 4.78 is 13.5. The van der Waals surface area contributed by atoms with Gasteiger partial charge in [-0.05, 0) is 6.92 Å². The molecule has 2 unspecified atom stereocenters. The maximum atomic E-state index is 11.1. The Morgan fingerprint density at radius 3 is 2.19 bits per heavy atom. The lowest BCUT2D eigenvalue weighted by Crippen LogP contribution is -2.47. The molecule has 1 saturated heterocycles. The SMILES string of the molecule is CC1OC(=O)C(C(=O)OCCO)OC1=O.CCCCCC. The van der Waals surface area contributed by atoms with Crippen molar-refractivity contribution in [2.75, 3.05) is 13.2 Å². The maximum absolute atomic E-state index is 11.1. The number of carbonyl (C=O) groups is 3. The molecule has 0 bridgehead atoms. The third-order valence-corrected chi connectivity index (χ3v) is 2.58. The van der Waals surface area contributed by atoms with Crippen LogP contribution in [0.5, 0.6) is 0 Å². The zero-order valence-electron chi connectivity index (χ0n) is 12.8. The van der Waals surface area contributed by atoms with Crippen molar-refractivity contribution in [1.82, 2.24) is 0 Å². The average Bonchev–Trinajstić information content (AvgIpc) is 2.47. The molecule has 0 amide bonds. The van der Waals surface area contributed by atoms with E-state index in [1.165, 1.54) is 32.6 Å². The Morgan fingerprint density at radius 2 is 1.71 bits per heavy atom. The Labute approximate surface area is 124 Å². The van der Waals surface area contributed by atoms with Crippen molar-refractivity contribution < 1.29 is 33.7 Å². The van der Waals surface area contributed by atoms with Gasteiger partial charge in [-0.1, -0.05) is 39.5 Å². The molecule has 1 fully saturated rings. The minimum absolute atomic E-state index is 0.268. The van der Waals surface area contributed by atoms with Crippen LogP contribution in [0.25, 0.3) is 0 Å². The van der Waals surface area contributed by atoms with E-state index in [1.54, 1.807) is 0 Å². The number of rotatable bonds is 6. The Bertz CT molecular complexity index is 336. The van der Waals surface area contributed by atoms with Gasteiger partial charge in [-0.2, -0.15) is 0 Å². The second-order valence-electron chi connectivity index (χ2n) is 4.49. The molecular formula is C14H24O7. The van der Waals surface area contributed by atoms with Gasteiger partial charge >= 0.3 is 17.9 Å². The maximum Gasteiger partial charge on any atom is 0.360 e. The van der Waals surface area contributed by atoms with E-state index in [2.05, 4.69) is 28.1 Å². The number of esters is 3. The molecule has 0 aromatic carbocycles. The monoisotopic (exact) mass is 304 g/mol. The summed E-state index contributed by atoms with van der Waals surface area (Å²) in [6, 6.07) is 0. The summed E-state index contributed by atoms with van der Waals surface area (Å²) >= 11 is 0. The van der Waals surface area contributed by atoms with E-state index in [-0.39, 0.29) is 13.2 Å². The molecule has 7 nitrogen and oxygen atoms in total. The average molecular weight is 304 g/mol. The number of aliphatic hydroxyl groups excluding tert-OH is 1. The minimum atomic E-state index is -1.68. The van der Waals surface area contributed by atoms with Gasteiger partial charge in [0.15, 0.2) is 6.10 Å². The largest absolute Gasteiger partial charge is 0.460 e. The van der Waals surface area contributed by atoms with Crippen molar-refractivity contribution in [3.05, 3.63) is 0 Å². The molecule has 1 aliphatic heterocycles. The van der Waals surface area contributed by atoms with E-state index in [4.69, 9.17) is 5.11 Å². The van der Waals surface area contributed by atoms with Crippen LogP contribution in [0.3, 0.4) is 0 Å². The van der Waals surface area contributed by atoms with Gasteiger partial charge in [0.05, 0.1) is 6.61 Å². The van der Waals surface area contributed by atoms with Crippen LogP contribution >= 0.6 is 0 Å². The van der Waals surface area contributed by atoms with Crippen LogP contribution in [0.1, 0.15) is 46.5 Å². The zero-order valence-corrected chi connectivity index (χ0v) is 12.8. The summed E-state index contributed by atoms with van der Waals surface area (Å²) in [6.45, 7) is 5.15. The fraction of sp³-hybridized carbons (Fsp3) is 0.786. The van der Waals surface area contributed by atoms with Crippen LogP contribution in [-0.4, -0.2) is 48.4 Å². The normalized spacial score (nSPS) is 20.8. The first-order valence-electron chi connectivity index (χ1n) is 7.16. The second-order valence-corrected chi connectivity index (χ2v) is 4.49. The Balaban J connectivity index is 0.000000567. The molecule has 122 valence electrons. The molecule has 0 aromatic rings. The smallest absolute Gasteiger partial charge is 0.360 e. The minimum Gasteiger partial charge on any atom is -0.460 e. The van der Waals surface area contributed by atoms with Crippen LogP contribution in [-0.2, 0) is 28.6 Å². The lowest BCUT2D eigenvalue weighted by Gasteiger charge is -2.23. The third kappa shape index (κ3) is 7.65. The first-order chi connectivity index (χ1) is 9.97. The Hall–Kier alpha value is -1.63. The molecular weight excluding hydrogens is 280 g/mol. The van der Waals surface area contributed by atoms with E-state index in [0.717, 1.165) is 0 Å². The molecule has 0 saturated carbocycles.